The Labute approximate surface area is 235 Å². The Morgan fingerprint density at radius 3 is 1.95 bits per heavy atom. The summed E-state index contributed by atoms with van der Waals surface area (Å²) in [6.07, 6.45) is 0.777. The number of carbonyl (C=O) groups is 4. The van der Waals surface area contributed by atoms with Crippen molar-refractivity contribution >= 4 is 24.4 Å². The fourth-order valence-electron chi connectivity index (χ4n) is 3.18. The zero-order valence-corrected chi connectivity index (χ0v) is 24.2. The molecule has 12 heteroatoms. The van der Waals surface area contributed by atoms with Crippen LogP contribution in [0.1, 0.15) is 71.8 Å². The molecule has 1 aromatic carbocycles. The zero-order valence-electron chi connectivity index (χ0n) is 24.2. The second kappa shape index (κ2) is 18.7. The molecule has 0 aromatic heterocycles. The minimum atomic E-state index is -1.61. The van der Waals surface area contributed by atoms with Gasteiger partial charge in [0.05, 0.1) is 33.5 Å². The summed E-state index contributed by atoms with van der Waals surface area (Å²) in [6.45, 7) is 8.12. The molecular weight excluding hydrogens is 526 g/mol. The normalized spacial score (nSPS) is 12.8. The Hall–Kier alpha value is -3.54. The lowest BCUT2D eigenvalue weighted by Gasteiger charge is -2.26. The van der Waals surface area contributed by atoms with Crippen LogP contribution in [-0.4, -0.2) is 63.5 Å². The molecule has 0 saturated carbocycles. The van der Waals surface area contributed by atoms with E-state index in [4.69, 9.17) is 38.9 Å². The Kier molecular flexibility index (Phi) is 16.1. The third-order valence-corrected chi connectivity index (χ3v) is 5.89. The van der Waals surface area contributed by atoms with Crippen LogP contribution >= 0.6 is 0 Å². The number of carbonyl (C=O) groups excluding carboxylic acids is 4. The largest absolute Gasteiger partial charge is 0.513 e. The molecule has 1 rings (SSSR count). The van der Waals surface area contributed by atoms with Gasteiger partial charge in [-0.15, -0.1) is 0 Å². The van der Waals surface area contributed by atoms with Crippen LogP contribution in [-0.2, 0) is 34.9 Å². The van der Waals surface area contributed by atoms with Crippen LogP contribution in [0.3, 0.4) is 0 Å². The highest BCUT2D eigenvalue weighted by Gasteiger charge is 2.36. The monoisotopic (exact) mass is 569 g/mol. The molecule has 0 amide bonds. The van der Waals surface area contributed by atoms with E-state index in [-0.39, 0.29) is 56.7 Å². The van der Waals surface area contributed by atoms with E-state index >= 15 is 0 Å². The van der Waals surface area contributed by atoms with E-state index in [0.29, 0.717) is 18.4 Å². The van der Waals surface area contributed by atoms with Gasteiger partial charge in [-0.3, -0.25) is 4.79 Å². The number of ether oxygens (including phenoxy) is 7. The lowest BCUT2D eigenvalue weighted by atomic mass is 9.88. The van der Waals surface area contributed by atoms with E-state index in [1.807, 2.05) is 27.7 Å². The Balaban J connectivity index is 3.05. The van der Waals surface area contributed by atoms with E-state index in [1.54, 1.807) is 0 Å². The summed E-state index contributed by atoms with van der Waals surface area (Å²) in [5, 5.41) is 0. The first-order chi connectivity index (χ1) is 19.1. The third-order valence-electron chi connectivity index (χ3n) is 5.89. The maximum atomic E-state index is 12.6. The van der Waals surface area contributed by atoms with Crippen LogP contribution in [0.5, 0.6) is 11.5 Å². The maximum absolute atomic E-state index is 12.6. The number of unbranched alkanes of at least 4 members (excludes halogenated alkanes) is 2. The summed E-state index contributed by atoms with van der Waals surface area (Å²) in [5.74, 6) is -0.790. The van der Waals surface area contributed by atoms with Crippen LogP contribution in [0, 0.1) is 5.92 Å². The van der Waals surface area contributed by atoms with E-state index in [1.165, 1.54) is 25.3 Å². The maximum Gasteiger partial charge on any atom is 0.513 e. The molecule has 0 saturated heterocycles. The predicted octanol–water partition coefficient (Wildman–Crippen LogP) is 5.32. The van der Waals surface area contributed by atoms with Crippen LogP contribution in [0.15, 0.2) is 18.2 Å². The Bertz CT molecular complexity index is 952. The van der Waals surface area contributed by atoms with Crippen molar-refractivity contribution in [3.63, 3.8) is 0 Å². The van der Waals surface area contributed by atoms with Crippen LogP contribution < -0.4 is 15.2 Å². The molecule has 2 N–H and O–H groups in total. The van der Waals surface area contributed by atoms with Gasteiger partial charge in [0.15, 0.2) is 11.5 Å². The predicted molar refractivity (Wildman–Crippen MR) is 144 cm³/mol. The zero-order chi connectivity index (χ0) is 30.0. The van der Waals surface area contributed by atoms with Crippen molar-refractivity contribution in [2.75, 3.05) is 33.5 Å². The molecule has 0 bridgehead atoms. The number of nitrogens with two attached hydrogens (primary N) is 1. The first-order valence-electron chi connectivity index (χ1n) is 13.6. The summed E-state index contributed by atoms with van der Waals surface area (Å²) >= 11 is 0. The first-order valence-corrected chi connectivity index (χ1v) is 13.6. The quantitative estimate of drug-likeness (QED) is 0.111. The number of hydrogen-bond donors (Lipinski definition) is 1. The van der Waals surface area contributed by atoms with Gasteiger partial charge >= 0.3 is 24.4 Å². The fourth-order valence-corrected chi connectivity index (χ4v) is 3.18. The molecule has 1 aromatic rings. The minimum absolute atomic E-state index is 0.0879. The number of benzene rings is 1. The summed E-state index contributed by atoms with van der Waals surface area (Å²) in [6, 6.07) is 4.31. The van der Waals surface area contributed by atoms with Gasteiger partial charge in [0, 0.05) is 12.8 Å². The average Bonchev–Trinajstić information content (AvgIpc) is 2.92. The van der Waals surface area contributed by atoms with Gasteiger partial charge in [0.2, 0.25) is 0 Å². The standard InChI is InChI=1S/C28H43NO11/c1-6-9-14-35-26(32)39-22-12-11-21(17-23(22)40-27(33)36-15-10-7-2)18-28(29,24(30)34-5)13-16-37-25(31)38-19-20(4)8-3/h11-12,17,20H,6-10,13-16,18-19,29H2,1-5H3/t20-,28?/m0/s1. The van der Waals surface area contributed by atoms with Gasteiger partial charge in [-0.25, -0.2) is 14.4 Å². The van der Waals surface area contributed by atoms with Crippen molar-refractivity contribution < 1.29 is 52.3 Å². The van der Waals surface area contributed by atoms with Crippen LogP contribution in [0.2, 0.25) is 0 Å². The van der Waals surface area contributed by atoms with Crippen molar-refractivity contribution in [2.45, 2.75) is 78.2 Å². The van der Waals surface area contributed by atoms with Crippen molar-refractivity contribution in [1.29, 1.82) is 0 Å². The summed E-state index contributed by atoms with van der Waals surface area (Å²) in [4.78, 5) is 48.8. The molecule has 0 aliphatic carbocycles. The number of esters is 1. The molecule has 0 spiro atoms. The second-order valence-electron chi connectivity index (χ2n) is 9.39. The minimum Gasteiger partial charge on any atom is -0.468 e. The van der Waals surface area contributed by atoms with Gasteiger partial charge in [0.25, 0.3) is 0 Å². The molecule has 0 aliphatic heterocycles. The second-order valence-corrected chi connectivity index (χ2v) is 9.39. The van der Waals surface area contributed by atoms with E-state index < -0.39 is 30.0 Å². The molecule has 0 radical (unpaired) electrons. The van der Waals surface area contributed by atoms with Crippen molar-refractivity contribution in [2.24, 2.45) is 11.7 Å². The number of hydrogen-bond acceptors (Lipinski definition) is 12. The average molecular weight is 570 g/mol. The highest BCUT2D eigenvalue weighted by molar-refractivity contribution is 5.81. The number of methoxy groups -OCH3 is 1. The Morgan fingerprint density at radius 2 is 1.40 bits per heavy atom. The van der Waals surface area contributed by atoms with Gasteiger partial charge in [-0.1, -0.05) is 53.0 Å². The molecule has 0 heterocycles. The van der Waals surface area contributed by atoms with E-state index in [0.717, 1.165) is 19.3 Å². The molecule has 0 aliphatic rings. The highest BCUT2D eigenvalue weighted by Crippen LogP contribution is 2.31. The summed E-state index contributed by atoms with van der Waals surface area (Å²) in [7, 11) is 1.19. The topological polar surface area (TPSA) is 159 Å². The molecule has 226 valence electrons. The molecule has 2 atom stereocenters. The van der Waals surface area contributed by atoms with Crippen LogP contribution in [0.4, 0.5) is 14.4 Å². The molecule has 0 fully saturated rings. The third kappa shape index (κ3) is 13.0. The van der Waals surface area contributed by atoms with Crippen molar-refractivity contribution in [1.82, 2.24) is 0 Å². The highest BCUT2D eigenvalue weighted by atomic mass is 16.7. The van der Waals surface area contributed by atoms with Crippen LogP contribution in [0.25, 0.3) is 0 Å². The van der Waals surface area contributed by atoms with E-state index in [2.05, 4.69) is 0 Å². The molecular formula is C28H43NO11. The van der Waals surface area contributed by atoms with Gasteiger partial charge < -0.3 is 38.9 Å². The first kappa shape index (κ1) is 34.5. The van der Waals surface area contributed by atoms with Crippen molar-refractivity contribution in [3.05, 3.63) is 23.8 Å². The van der Waals surface area contributed by atoms with Gasteiger partial charge in [-0.2, -0.15) is 0 Å². The Morgan fingerprint density at radius 1 is 0.825 bits per heavy atom. The smallest absolute Gasteiger partial charge is 0.468 e. The van der Waals surface area contributed by atoms with Crippen molar-refractivity contribution in [3.8, 4) is 11.5 Å². The summed E-state index contributed by atoms with van der Waals surface area (Å²) < 4.78 is 35.6. The lowest BCUT2D eigenvalue weighted by Crippen LogP contribution is -2.51. The molecule has 12 nitrogen and oxygen atoms in total. The van der Waals surface area contributed by atoms with E-state index in [9.17, 15) is 19.2 Å². The fraction of sp³-hybridized carbons (Fsp3) is 0.643. The SMILES string of the molecule is CCCCOC(=O)Oc1ccc(CC(N)(CCOC(=O)OC[C@@H](C)CC)C(=O)OC)cc1OC(=O)OCCCC. The molecule has 1 unspecified atom stereocenters. The van der Waals surface area contributed by atoms with Gasteiger partial charge in [0.1, 0.15) is 5.54 Å². The lowest BCUT2D eigenvalue weighted by molar-refractivity contribution is -0.147. The summed E-state index contributed by atoms with van der Waals surface area (Å²) in [5.41, 5.74) is 5.22. The number of rotatable bonds is 17. The van der Waals surface area contributed by atoms with Gasteiger partial charge in [-0.05, 0) is 36.5 Å². The molecule has 40 heavy (non-hydrogen) atoms.